The van der Waals surface area contributed by atoms with E-state index >= 15 is 0 Å². The fourth-order valence-corrected chi connectivity index (χ4v) is 3.20. The molecule has 0 bridgehead atoms. The van der Waals surface area contributed by atoms with Gasteiger partial charge in [-0.05, 0) is 55.2 Å². The van der Waals surface area contributed by atoms with Crippen LogP contribution in [-0.4, -0.2) is 35.5 Å². The summed E-state index contributed by atoms with van der Waals surface area (Å²) >= 11 is 0. The summed E-state index contributed by atoms with van der Waals surface area (Å²) in [4.78, 5) is 18.3. The second kappa shape index (κ2) is 7.51. The van der Waals surface area contributed by atoms with Gasteiger partial charge in [0.05, 0.1) is 6.04 Å². The normalized spacial score (nSPS) is 16.3. The Bertz CT molecular complexity index is 765. The third-order valence-corrected chi connectivity index (χ3v) is 4.65. The minimum absolute atomic E-state index is 0.115. The van der Waals surface area contributed by atoms with E-state index < -0.39 is 0 Å². The average molecular weight is 342 g/mol. The SMILES string of the molecule is Cc1cnccc1NCCNC(=O)N1CCc2ccc(F)cc2[C@@H]1C. The zero-order chi connectivity index (χ0) is 17.8. The number of nitrogens with one attached hydrogen (secondary N) is 2. The number of nitrogens with zero attached hydrogens (tertiary/aromatic N) is 2. The van der Waals surface area contributed by atoms with E-state index in [2.05, 4.69) is 15.6 Å². The molecule has 0 radical (unpaired) electrons. The van der Waals surface area contributed by atoms with Crippen LogP contribution in [-0.2, 0) is 6.42 Å². The summed E-state index contributed by atoms with van der Waals surface area (Å²) < 4.78 is 13.5. The highest BCUT2D eigenvalue weighted by molar-refractivity contribution is 5.75. The van der Waals surface area contributed by atoms with E-state index in [9.17, 15) is 9.18 Å². The molecular formula is C19H23FN4O. The van der Waals surface area contributed by atoms with Crippen LogP contribution in [0.5, 0.6) is 0 Å². The van der Waals surface area contributed by atoms with Crippen LogP contribution in [0.15, 0.2) is 36.7 Å². The standard InChI is InChI=1S/C19H23FN4O/c1-13-12-21-7-5-18(13)22-8-9-23-19(25)24-10-6-15-3-4-16(20)11-17(15)14(24)2/h3-5,7,11-12,14H,6,8-10H2,1-2H3,(H,21,22)(H,23,25)/t14-/m0/s1. The Morgan fingerprint density at radius 3 is 3.00 bits per heavy atom. The van der Waals surface area contributed by atoms with E-state index in [-0.39, 0.29) is 17.9 Å². The van der Waals surface area contributed by atoms with Gasteiger partial charge in [-0.15, -0.1) is 0 Å². The van der Waals surface area contributed by atoms with Crippen molar-refractivity contribution < 1.29 is 9.18 Å². The number of aryl methyl sites for hydroxylation is 1. The van der Waals surface area contributed by atoms with Gasteiger partial charge < -0.3 is 15.5 Å². The van der Waals surface area contributed by atoms with Crippen molar-refractivity contribution in [3.05, 3.63) is 59.2 Å². The van der Waals surface area contributed by atoms with Crippen LogP contribution in [0.3, 0.4) is 0 Å². The number of hydrogen-bond acceptors (Lipinski definition) is 3. The molecule has 2 amide bonds. The van der Waals surface area contributed by atoms with E-state index in [0.29, 0.717) is 19.6 Å². The predicted molar refractivity (Wildman–Crippen MR) is 96.1 cm³/mol. The summed E-state index contributed by atoms with van der Waals surface area (Å²) in [5.41, 5.74) is 4.09. The van der Waals surface area contributed by atoms with E-state index in [1.807, 2.05) is 26.0 Å². The first-order valence-corrected chi connectivity index (χ1v) is 8.53. The first-order valence-electron chi connectivity index (χ1n) is 8.53. The van der Waals surface area contributed by atoms with Gasteiger partial charge >= 0.3 is 6.03 Å². The molecule has 1 atom stereocenters. The number of pyridine rings is 1. The molecule has 2 N–H and O–H groups in total. The highest BCUT2D eigenvalue weighted by atomic mass is 19.1. The predicted octanol–water partition coefficient (Wildman–Crippen LogP) is 3.27. The van der Waals surface area contributed by atoms with E-state index in [4.69, 9.17) is 0 Å². The van der Waals surface area contributed by atoms with Crippen molar-refractivity contribution in [2.45, 2.75) is 26.3 Å². The summed E-state index contributed by atoms with van der Waals surface area (Å²) in [7, 11) is 0. The fraction of sp³-hybridized carbons (Fsp3) is 0.368. The van der Waals surface area contributed by atoms with Crippen LogP contribution in [0.1, 0.15) is 29.7 Å². The van der Waals surface area contributed by atoms with Gasteiger partial charge in [-0.2, -0.15) is 0 Å². The summed E-state index contributed by atoms with van der Waals surface area (Å²) in [6, 6.07) is 6.50. The minimum atomic E-state index is -0.259. The van der Waals surface area contributed by atoms with Crippen molar-refractivity contribution in [2.24, 2.45) is 0 Å². The molecule has 0 saturated carbocycles. The number of urea groups is 1. The van der Waals surface area contributed by atoms with Gasteiger partial charge in [0.15, 0.2) is 0 Å². The highest BCUT2D eigenvalue weighted by Crippen LogP contribution is 2.29. The molecule has 25 heavy (non-hydrogen) atoms. The average Bonchev–Trinajstić information content (AvgIpc) is 2.61. The Morgan fingerprint density at radius 1 is 1.36 bits per heavy atom. The van der Waals surface area contributed by atoms with Crippen LogP contribution in [0.4, 0.5) is 14.9 Å². The molecule has 6 heteroatoms. The summed E-state index contributed by atoms with van der Waals surface area (Å²) in [6.07, 6.45) is 4.29. The number of amides is 2. The maximum Gasteiger partial charge on any atom is 0.317 e. The molecule has 1 aliphatic heterocycles. The van der Waals surface area contributed by atoms with E-state index in [1.54, 1.807) is 17.3 Å². The van der Waals surface area contributed by atoms with Gasteiger partial charge in [0.2, 0.25) is 0 Å². The number of aromatic nitrogens is 1. The molecule has 3 rings (SSSR count). The van der Waals surface area contributed by atoms with Crippen LogP contribution in [0.2, 0.25) is 0 Å². The van der Waals surface area contributed by atoms with Crippen molar-refractivity contribution in [2.75, 3.05) is 25.0 Å². The smallest absolute Gasteiger partial charge is 0.317 e. The zero-order valence-electron chi connectivity index (χ0n) is 14.6. The van der Waals surface area contributed by atoms with Gasteiger partial charge in [0.1, 0.15) is 5.82 Å². The number of anilines is 1. The first-order chi connectivity index (χ1) is 12.1. The van der Waals surface area contributed by atoms with Crippen LogP contribution in [0, 0.1) is 12.7 Å². The molecule has 1 aliphatic rings. The molecule has 1 aromatic carbocycles. The van der Waals surface area contributed by atoms with Crippen molar-refractivity contribution in [3.63, 3.8) is 0 Å². The summed E-state index contributed by atoms with van der Waals surface area (Å²) in [5, 5.41) is 6.22. The van der Waals surface area contributed by atoms with Crippen LogP contribution >= 0.6 is 0 Å². The summed E-state index contributed by atoms with van der Waals surface area (Å²) in [5.74, 6) is -0.259. The Kier molecular flexibility index (Phi) is 5.16. The lowest BCUT2D eigenvalue weighted by Gasteiger charge is -2.35. The Hall–Kier alpha value is -2.63. The molecular weight excluding hydrogens is 319 g/mol. The molecule has 0 spiro atoms. The van der Waals surface area contributed by atoms with Crippen LogP contribution in [0.25, 0.3) is 0 Å². The maximum absolute atomic E-state index is 13.5. The molecule has 0 aliphatic carbocycles. The Morgan fingerprint density at radius 2 is 2.20 bits per heavy atom. The second-order valence-corrected chi connectivity index (χ2v) is 6.31. The molecule has 0 fully saturated rings. The largest absolute Gasteiger partial charge is 0.383 e. The van der Waals surface area contributed by atoms with Gasteiger partial charge in [-0.25, -0.2) is 9.18 Å². The van der Waals surface area contributed by atoms with E-state index in [0.717, 1.165) is 28.8 Å². The lowest BCUT2D eigenvalue weighted by Crippen LogP contribution is -2.45. The Labute approximate surface area is 147 Å². The number of rotatable bonds is 4. The van der Waals surface area contributed by atoms with Gasteiger partial charge in [-0.1, -0.05) is 6.07 Å². The quantitative estimate of drug-likeness (QED) is 0.839. The van der Waals surface area contributed by atoms with Gasteiger partial charge in [-0.3, -0.25) is 4.98 Å². The number of carbonyl (C=O) groups is 1. The van der Waals surface area contributed by atoms with Crippen LogP contribution < -0.4 is 10.6 Å². The monoisotopic (exact) mass is 342 g/mol. The number of hydrogen-bond donors (Lipinski definition) is 2. The molecule has 2 aromatic rings. The number of carbonyl (C=O) groups excluding carboxylic acids is 1. The van der Waals surface area contributed by atoms with Crippen molar-refractivity contribution in [3.8, 4) is 0 Å². The molecule has 2 heterocycles. The Balaban J connectivity index is 1.53. The van der Waals surface area contributed by atoms with Crippen molar-refractivity contribution >= 4 is 11.7 Å². The third kappa shape index (κ3) is 3.90. The molecule has 0 saturated heterocycles. The number of halogens is 1. The van der Waals surface area contributed by atoms with E-state index in [1.165, 1.54) is 12.1 Å². The second-order valence-electron chi connectivity index (χ2n) is 6.31. The molecule has 1 aromatic heterocycles. The zero-order valence-corrected chi connectivity index (χ0v) is 14.6. The fourth-order valence-electron chi connectivity index (χ4n) is 3.20. The molecule has 132 valence electrons. The van der Waals surface area contributed by atoms with Crippen molar-refractivity contribution in [1.29, 1.82) is 0 Å². The lowest BCUT2D eigenvalue weighted by atomic mass is 9.94. The van der Waals surface area contributed by atoms with Gasteiger partial charge in [0.25, 0.3) is 0 Å². The third-order valence-electron chi connectivity index (χ3n) is 4.65. The number of fused-ring (bicyclic) bond motifs is 1. The highest BCUT2D eigenvalue weighted by Gasteiger charge is 2.27. The first kappa shape index (κ1) is 17.2. The topological polar surface area (TPSA) is 57.3 Å². The lowest BCUT2D eigenvalue weighted by molar-refractivity contribution is 0.175. The maximum atomic E-state index is 13.5. The molecule has 0 unspecified atom stereocenters. The number of benzene rings is 1. The van der Waals surface area contributed by atoms with Gasteiger partial charge in [0, 0.05) is 37.7 Å². The molecule has 5 nitrogen and oxygen atoms in total. The summed E-state index contributed by atoms with van der Waals surface area (Å²) in [6.45, 7) is 5.71. The minimum Gasteiger partial charge on any atom is -0.383 e. The van der Waals surface area contributed by atoms with Crippen molar-refractivity contribution in [1.82, 2.24) is 15.2 Å².